The monoisotopic (exact) mass is 338 g/mol. The number of Topliss-reactive ketones (excluding diaryl/α,β-unsaturated/α-hetero) is 1. The van der Waals surface area contributed by atoms with Gasteiger partial charge in [-0.05, 0) is 24.6 Å². The lowest BCUT2D eigenvalue weighted by atomic mass is 10.1. The highest BCUT2D eigenvalue weighted by atomic mass is 79.9. The van der Waals surface area contributed by atoms with Gasteiger partial charge in [0.25, 0.3) is 11.7 Å². The molecule has 0 atom stereocenters. The van der Waals surface area contributed by atoms with Gasteiger partial charge in [0.1, 0.15) is 0 Å². The average molecular weight is 339 g/mol. The molecule has 0 saturated carbocycles. The quantitative estimate of drug-likeness (QED) is 0.787. The fourth-order valence-electron chi connectivity index (χ4n) is 2.11. The van der Waals surface area contributed by atoms with Crippen LogP contribution in [0, 0.1) is 0 Å². The third-order valence-electron chi connectivity index (χ3n) is 3.20. The Balaban J connectivity index is 2.09. The van der Waals surface area contributed by atoms with E-state index in [1.807, 2.05) is 0 Å². The van der Waals surface area contributed by atoms with E-state index in [-0.39, 0.29) is 5.91 Å². The van der Waals surface area contributed by atoms with Crippen LogP contribution >= 0.6 is 15.9 Å². The van der Waals surface area contributed by atoms with E-state index in [0.717, 1.165) is 4.47 Å². The van der Waals surface area contributed by atoms with E-state index in [9.17, 15) is 14.4 Å². The van der Waals surface area contributed by atoms with Gasteiger partial charge in [0, 0.05) is 31.5 Å². The standard InChI is InChI=1S/C14H15BrN2O3/c1-16(2)12(18)4-3-7-17-11-6-5-9(15)8-10(11)13(19)14(17)20/h5-6,8H,3-4,7H2,1-2H3. The molecule has 1 aromatic carbocycles. The van der Waals surface area contributed by atoms with Crippen molar-refractivity contribution in [3.8, 4) is 0 Å². The SMILES string of the molecule is CN(C)C(=O)CCCN1C(=O)C(=O)c2cc(Br)ccc21. The first-order valence-corrected chi connectivity index (χ1v) is 7.07. The highest BCUT2D eigenvalue weighted by Gasteiger charge is 2.35. The van der Waals surface area contributed by atoms with Crippen LogP contribution in [0.2, 0.25) is 0 Å². The predicted octanol–water partition coefficient (Wildman–Crippen LogP) is 1.85. The number of nitrogens with zero attached hydrogens (tertiary/aromatic N) is 2. The van der Waals surface area contributed by atoms with Crippen LogP contribution in [0.15, 0.2) is 22.7 Å². The molecule has 0 N–H and O–H groups in total. The van der Waals surface area contributed by atoms with Crippen molar-refractivity contribution in [3.63, 3.8) is 0 Å². The number of carbonyl (C=O) groups excluding carboxylic acids is 3. The van der Waals surface area contributed by atoms with Crippen molar-refractivity contribution < 1.29 is 14.4 Å². The molecule has 0 radical (unpaired) electrons. The number of rotatable bonds is 4. The maximum Gasteiger partial charge on any atom is 0.299 e. The van der Waals surface area contributed by atoms with E-state index in [0.29, 0.717) is 30.6 Å². The Morgan fingerprint density at radius 3 is 2.65 bits per heavy atom. The van der Waals surface area contributed by atoms with Crippen LogP contribution in [0.4, 0.5) is 5.69 Å². The highest BCUT2D eigenvalue weighted by Crippen LogP contribution is 2.31. The van der Waals surface area contributed by atoms with Crippen molar-refractivity contribution in [1.82, 2.24) is 4.90 Å². The number of amides is 2. The fraction of sp³-hybridized carbons (Fsp3) is 0.357. The molecule has 2 amide bonds. The Morgan fingerprint density at radius 2 is 2.00 bits per heavy atom. The van der Waals surface area contributed by atoms with Gasteiger partial charge in [0.2, 0.25) is 5.91 Å². The average Bonchev–Trinajstić information content (AvgIpc) is 2.63. The third kappa shape index (κ3) is 2.75. The van der Waals surface area contributed by atoms with Crippen molar-refractivity contribution in [2.75, 3.05) is 25.5 Å². The maximum absolute atomic E-state index is 11.9. The predicted molar refractivity (Wildman–Crippen MR) is 78.8 cm³/mol. The van der Waals surface area contributed by atoms with Crippen LogP contribution in [-0.4, -0.2) is 43.1 Å². The summed E-state index contributed by atoms with van der Waals surface area (Å²) in [4.78, 5) is 38.3. The summed E-state index contributed by atoms with van der Waals surface area (Å²) in [6.07, 6.45) is 0.891. The summed E-state index contributed by atoms with van der Waals surface area (Å²) in [5, 5.41) is 0. The summed E-state index contributed by atoms with van der Waals surface area (Å²) < 4.78 is 0.766. The molecule has 0 unspecified atom stereocenters. The number of carbonyl (C=O) groups is 3. The Kier molecular flexibility index (Phi) is 4.23. The molecule has 5 nitrogen and oxygen atoms in total. The maximum atomic E-state index is 11.9. The molecule has 106 valence electrons. The number of anilines is 1. The number of hydrogen-bond acceptors (Lipinski definition) is 3. The molecular formula is C14H15BrN2O3. The first-order chi connectivity index (χ1) is 9.41. The zero-order chi connectivity index (χ0) is 14.9. The van der Waals surface area contributed by atoms with Gasteiger partial charge >= 0.3 is 0 Å². The Labute approximate surface area is 125 Å². The second-order valence-electron chi connectivity index (χ2n) is 4.84. The van der Waals surface area contributed by atoms with Crippen LogP contribution in [0.3, 0.4) is 0 Å². The zero-order valence-electron chi connectivity index (χ0n) is 11.4. The lowest BCUT2D eigenvalue weighted by molar-refractivity contribution is -0.128. The fourth-order valence-corrected chi connectivity index (χ4v) is 2.47. The van der Waals surface area contributed by atoms with Gasteiger partial charge in [0.15, 0.2) is 0 Å². The third-order valence-corrected chi connectivity index (χ3v) is 3.70. The van der Waals surface area contributed by atoms with E-state index in [1.54, 1.807) is 32.3 Å². The van der Waals surface area contributed by atoms with Crippen LogP contribution < -0.4 is 4.90 Å². The lowest BCUT2D eigenvalue weighted by Gasteiger charge is -2.17. The Morgan fingerprint density at radius 1 is 1.30 bits per heavy atom. The summed E-state index contributed by atoms with van der Waals surface area (Å²) in [6, 6.07) is 5.19. The first kappa shape index (κ1) is 14.7. The van der Waals surface area contributed by atoms with Gasteiger partial charge in [-0.25, -0.2) is 0 Å². The summed E-state index contributed by atoms with van der Waals surface area (Å²) in [5.74, 6) is -0.991. The molecule has 0 bridgehead atoms. The number of hydrogen-bond donors (Lipinski definition) is 0. The van der Waals surface area contributed by atoms with Crippen molar-refractivity contribution in [3.05, 3.63) is 28.2 Å². The lowest BCUT2D eigenvalue weighted by Crippen LogP contribution is -2.31. The van der Waals surface area contributed by atoms with E-state index >= 15 is 0 Å². The second kappa shape index (κ2) is 5.75. The molecule has 1 heterocycles. The van der Waals surface area contributed by atoms with Gasteiger partial charge in [-0.1, -0.05) is 15.9 Å². The highest BCUT2D eigenvalue weighted by molar-refractivity contribution is 9.10. The van der Waals surface area contributed by atoms with Crippen LogP contribution in [0.1, 0.15) is 23.2 Å². The minimum absolute atomic E-state index is 0.0130. The molecule has 6 heteroatoms. The number of benzene rings is 1. The van der Waals surface area contributed by atoms with Gasteiger partial charge in [-0.15, -0.1) is 0 Å². The van der Waals surface area contributed by atoms with Crippen molar-refractivity contribution >= 4 is 39.2 Å². The molecule has 1 aliphatic heterocycles. The van der Waals surface area contributed by atoms with E-state index in [2.05, 4.69) is 15.9 Å². The smallest absolute Gasteiger partial charge is 0.299 e. The van der Waals surface area contributed by atoms with Crippen LogP contribution in [-0.2, 0) is 9.59 Å². The second-order valence-corrected chi connectivity index (χ2v) is 5.75. The summed E-state index contributed by atoms with van der Waals surface area (Å²) >= 11 is 3.29. The molecule has 0 saturated heterocycles. The van der Waals surface area contributed by atoms with E-state index < -0.39 is 11.7 Å². The Hall–Kier alpha value is -1.69. The largest absolute Gasteiger partial charge is 0.349 e. The molecule has 1 aliphatic rings. The molecule has 0 aromatic heterocycles. The number of fused-ring (bicyclic) bond motifs is 1. The minimum atomic E-state index is -0.518. The Bertz CT molecular complexity index is 584. The molecule has 0 fully saturated rings. The minimum Gasteiger partial charge on any atom is -0.349 e. The van der Waals surface area contributed by atoms with Crippen LogP contribution in [0.5, 0.6) is 0 Å². The molecule has 20 heavy (non-hydrogen) atoms. The number of halogens is 1. The van der Waals surface area contributed by atoms with Gasteiger partial charge in [0.05, 0.1) is 11.3 Å². The van der Waals surface area contributed by atoms with Gasteiger partial charge < -0.3 is 9.80 Å². The van der Waals surface area contributed by atoms with Gasteiger partial charge in [-0.2, -0.15) is 0 Å². The van der Waals surface area contributed by atoms with E-state index in [4.69, 9.17) is 0 Å². The first-order valence-electron chi connectivity index (χ1n) is 6.27. The zero-order valence-corrected chi connectivity index (χ0v) is 12.9. The number of ketones is 1. The van der Waals surface area contributed by atoms with Crippen molar-refractivity contribution in [2.24, 2.45) is 0 Å². The molecule has 0 spiro atoms. The summed E-state index contributed by atoms with van der Waals surface area (Å²) in [7, 11) is 3.39. The molecular weight excluding hydrogens is 324 g/mol. The van der Waals surface area contributed by atoms with Crippen molar-refractivity contribution in [1.29, 1.82) is 0 Å². The topological polar surface area (TPSA) is 57.7 Å². The molecule has 1 aromatic rings. The molecule has 2 rings (SSSR count). The van der Waals surface area contributed by atoms with Gasteiger partial charge in [-0.3, -0.25) is 14.4 Å². The summed E-state index contributed by atoms with van der Waals surface area (Å²) in [6.45, 7) is 0.374. The normalized spacial score (nSPS) is 13.7. The van der Waals surface area contributed by atoms with Crippen molar-refractivity contribution in [2.45, 2.75) is 12.8 Å². The van der Waals surface area contributed by atoms with E-state index in [1.165, 1.54) is 9.80 Å². The van der Waals surface area contributed by atoms with Crippen LogP contribution in [0.25, 0.3) is 0 Å². The summed E-state index contributed by atoms with van der Waals surface area (Å²) in [5.41, 5.74) is 1.05. The molecule has 0 aliphatic carbocycles.